The van der Waals surface area contributed by atoms with Crippen molar-refractivity contribution in [3.8, 4) is 6.07 Å². The molecule has 1 amide bonds. The molecule has 0 spiro atoms. The lowest BCUT2D eigenvalue weighted by Crippen LogP contribution is -2.34. The quantitative estimate of drug-likeness (QED) is 0.571. The molecule has 0 bridgehead atoms. The van der Waals surface area contributed by atoms with Gasteiger partial charge in [0.05, 0.1) is 17.7 Å². The van der Waals surface area contributed by atoms with Crippen LogP contribution in [0.15, 0.2) is 66.9 Å². The van der Waals surface area contributed by atoms with Crippen LogP contribution in [0.25, 0.3) is 0 Å². The van der Waals surface area contributed by atoms with Gasteiger partial charge in [-0.1, -0.05) is 42.5 Å². The van der Waals surface area contributed by atoms with Gasteiger partial charge in [0.15, 0.2) is 5.82 Å². The molecular weight excluding hydrogens is 402 g/mol. The Morgan fingerprint density at radius 2 is 1.88 bits per heavy atom. The predicted molar refractivity (Wildman–Crippen MR) is 122 cm³/mol. The number of anilines is 1. The first-order valence-electron chi connectivity index (χ1n) is 10.9. The molecule has 4 rings (SSSR count). The van der Waals surface area contributed by atoms with Crippen LogP contribution in [0.4, 0.5) is 5.82 Å². The van der Waals surface area contributed by atoms with E-state index in [4.69, 9.17) is 10.00 Å². The van der Waals surface area contributed by atoms with E-state index in [9.17, 15) is 4.79 Å². The molecule has 1 aromatic heterocycles. The van der Waals surface area contributed by atoms with Gasteiger partial charge in [-0.3, -0.25) is 9.48 Å². The Morgan fingerprint density at radius 3 is 2.59 bits per heavy atom. The molecule has 3 aromatic rings. The Bertz CT molecular complexity index is 1050. The molecule has 2 N–H and O–H groups in total. The average Bonchev–Trinajstić information content (AvgIpc) is 3.31. The average molecular weight is 430 g/mol. The zero-order valence-electron chi connectivity index (χ0n) is 17.9. The molecule has 0 aliphatic carbocycles. The third kappa shape index (κ3) is 5.61. The third-order valence-corrected chi connectivity index (χ3v) is 5.66. The van der Waals surface area contributed by atoms with Gasteiger partial charge in [-0.25, -0.2) is 0 Å². The van der Waals surface area contributed by atoms with Crippen molar-refractivity contribution in [2.75, 3.05) is 25.1 Å². The molecule has 1 aliphatic heterocycles. The molecule has 0 saturated carbocycles. The summed E-state index contributed by atoms with van der Waals surface area (Å²) in [6.45, 7) is 2.10. The number of amides is 1. The van der Waals surface area contributed by atoms with E-state index < -0.39 is 6.04 Å². The van der Waals surface area contributed by atoms with E-state index in [0.29, 0.717) is 24.0 Å². The first kappa shape index (κ1) is 21.8. The van der Waals surface area contributed by atoms with Crippen LogP contribution >= 0.6 is 0 Å². The minimum atomic E-state index is -0.497. The molecule has 164 valence electrons. The molecule has 1 saturated heterocycles. The largest absolute Gasteiger partial charge is 0.381 e. The van der Waals surface area contributed by atoms with Gasteiger partial charge in [-0.05, 0) is 42.5 Å². The van der Waals surface area contributed by atoms with E-state index in [-0.39, 0.29) is 5.91 Å². The van der Waals surface area contributed by atoms with Crippen LogP contribution in [0.5, 0.6) is 0 Å². The Labute approximate surface area is 188 Å². The molecule has 1 unspecified atom stereocenters. The lowest BCUT2D eigenvalue weighted by atomic mass is 10.1. The number of rotatable bonds is 8. The summed E-state index contributed by atoms with van der Waals surface area (Å²) in [6.07, 6.45) is 4.53. The highest BCUT2D eigenvalue weighted by atomic mass is 16.5. The SMILES string of the molecule is N#Cc1ccc(CCNC(C(=O)Nc2ccn(C3CCOCC3)n2)c2ccccc2)cc1. The molecule has 1 atom stereocenters. The topological polar surface area (TPSA) is 92.0 Å². The normalized spacial score (nSPS) is 15.1. The Morgan fingerprint density at radius 1 is 1.12 bits per heavy atom. The van der Waals surface area contributed by atoms with Gasteiger partial charge >= 0.3 is 0 Å². The van der Waals surface area contributed by atoms with Crippen molar-refractivity contribution < 1.29 is 9.53 Å². The highest BCUT2D eigenvalue weighted by Gasteiger charge is 2.22. The first-order chi connectivity index (χ1) is 15.7. The number of nitrogens with one attached hydrogen (secondary N) is 2. The van der Waals surface area contributed by atoms with Crippen molar-refractivity contribution in [1.82, 2.24) is 15.1 Å². The van der Waals surface area contributed by atoms with Crippen LogP contribution < -0.4 is 10.6 Å². The molecular formula is C25H27N5O2. The molecule has 0 radical (unpaired) electrons. The van der Waals surface area contributed by atoms with Crippen LogP contribution in [-0.2, 0) is 16.0 Å². The van der Waals surface area contributed by atoms with Crippen molar-refractivity contribution in [2.45, 2.75) is 31.3 Å². The second kappa shape index (κ2) is 10.7. The fraction of sp³-hybridized carbons (Fsp3) is 0.320. The molecule has 7 nitrogen and oxygen atoms in total. The van der Waals surface area contributed by atoms with Gasteiger partial charge in [0.2, 0.25) is 5.91 Å². The number of benzene rings is 2. The number of carbonyl (C=O) groups excluding carboxylic acids is 1. The van der Waals surface area contributed by atoms with Crippen molar-refractivity contribution in [1.29, 1.82) is 5.26 Å². The second-order valence-corrected chi connectivity index (χ2v) is 7.87. The van der Waals surface area contributed by atoms with Crippen LogP contribution in [0.3, 0.4) is 0 Å². The summed E-state index contributed by atoms with van der Waals surface area (Å²) in [7, 11) is 0. The number of aromatic nitrogens is 2. The molecule has 1 aliphatic rings. The van der Waals surface area contributed by atoms with Crippen LogP contribution in [-0.4, -0.2) is 35.4 Å². The van der Waals surface area contributed by atoms with Gasteiger partial charge in [0.1, 0.15) is 6.04 Å². The summed E-state index contributed by atoms with van der Waals surface area (Å²) in [5.41, 5.74) is 2.65. The fourth-order valence-electron chi connectivity index (χ4n) is 3.87. The standard InChI is InChI=1S/C25H27N5O2/c26-18-20-8-6-19(7-9-20)10-14-27-24(21-4-2-1-3-5-21)25(31)28-23-11-15-30(29-23)22-12-16-32-17-13-22/h1-9,11,15,22,24,27H,10,12-14,16-17H2,(H,28,29,31). The summed E-state index contributed by atoms with van der Waals surface area (Å²) in [5, 5.41) is 19.8. The van der Waals surface area contributed by atoms with Crippen molar-refractivity contribution in [3.05, 3.63) is 83.6 Å². The smallest absolute Gasteiger partial charge is 0.247 e. The molecule has 2 aromatic carbocycles. The van der Waals surface area contributed by atoms with Gasteiger partial charge in [-0.2, -0.15) is 10.4 Å². The Kier molecular flexibility index (Phi) is 7.28. The number of ether oxygens (including phenoxy) is 1. The number of nitrogens with zero attached hydrogens (tertiary/aromatic N) is 3. The van der Waals surface area contributed by atoms with Gasteiger partial charge in [0.25, 0.3) is 0 Å². The lowest BCUT2D eigenvalue weighted by molar-refractivity contribution is -0.118. The fourth-order valence-corrected chi connectivity index (χ4v) is 3.87. The van der Waals surface area contributed by atoms with Crippen molar-refractivity contribution >= 4 is 11.7 Å². The maximum absolute atomic E-state index is 13.1. The number of hydrogen-bond donors (Lipinski definition) is 2. The predicted octanol–water partition coefficient (Wildman–Crippen LogP) is 3.62. The molecule has 2 heterocycles. The summed E-state index contributed by atoms with van der Waals surface area (Å²) < 4.78 is 7.35. The van der Waals surface area contributed by atoms with Crippen molar-refractivity contribution in [3.63, 3.8) is 0 Å². The summed E-state index contributed by atoms with van der Waals surface area (Å²) in [5.74, 6) is 0.407. The maximum Gasteiger partial charge on any atom is 0.247 e. The second-order valence-electron chi connectivity index (χ2n) is 7.87. The van der Waals surface area contributed by atoms with E-state index in [1.54, 1.807) is 0 Å². The number of carbonyl (C=O) groups is 1. The zero-order valence-corrected chi connectivity index (χ0v) is 17.9. The van der Waals surface area contributed by atoms with E-state index in [1.165, 1.54) is 0 Å². The lowest BCUT2D eigenvalue weighted by Gasteiger charge is -2.22. The highest BCUT2D eigenvalue weighted by Crippen LogP contribution is 2.22. The molecule has 1 fully saturated rings. The molecule has 7 heteroatoms. The monoisotopic (exact) mass is 429 g/mol. The summed E-state index contributed by atoms with van der Waals surface area (Å²) >= 11 is 0. The summed E-state index contributed by atoms with van der Waals surface area (Å²) in [4.78, 5) is 13.1. The van der Waals surface area contributed by atoms with Gasteiger partial charge in [0, 0.05) is 32.0 Å². The van der Waals surface area contributed by atoms with Crippen LogP contribution in [0.1, 0.15) is 41.6 Å². The van der Waals surface area contributed by atoms with Crippen LogP contribution in [0.2, 0.25) is 0 Å². The first-order valence-corrected chi connectivity index (χ1v) is 10.9. The van der Waals surface area contributed by atoms with E-state index in [2.05, 4.69) is 21.8 Å². The van der Waals surface area contributed by atoms with Crippen LogP contribution in [0, 0.1) is 11.3 Å². The zero-order chi connectivity index (χ0) is 22.2. The third-order valence-electron chi connectivity index (χ3n) is 5.66. The summed E-state index contributed by atoms with van der Waals surface area (Å²) in [6, 6.07) is 21.0. The van der Waals surface area contributed by atoms with Gasteiger partial charge < -0.3 is 15.4 Å². The van der Waals surface area contributed by atoms with Gasteiger partial charge in [-0.15, -0.1) is 0 Å². The Balaban J connectivity index is 1.40. The van der Waals surface area contributed by atoms with E-state index >= 15 is 0 Å². The van der Waals surface area contributed by atoms with E-state index in [0.717, 1.165) is 43.6 Å². The maximum atomic E-state index is 13.1. The van der Waals surface area contributed by atoms with Crippen molar-refractivity contribution in [2.24, 2.45) is 0 Å². The minimum Gasteiger partial charge on any atom is -0.381 e. The Hall–Kier alpha value is -3.47. The number of hydrogen-bond acceptors (Lipinski definition) is 5. The van der Waals surface area contributed by atoms with E-state index in [1.807, 2.05) is 71.5 Å². The number of nitriles is 1. The minimum absolute atomic E-state index is 0.145. The molecule has 32 heavy (non-hydrogen) atoms. The highest BCUT2D eigenvalue weighted by molar-refractivity contribution is 5.94.